The molecule has 6 nitrogen and oxygen atoms in total. The Morgan fingerprint density at radius 1 is 1.42 bits per heavy atom. The van der Waals surface area contributed by atoms with Gasteiger partial charge in [-0.25, -0.2) is 0 Å². The van der Waals surface area contributed by atoms with Gasteiger partial charge in [0, 0.05) is 30.6 Å². The van der Waals surface area contributed by atoms with Crippen LogP contribution < -0.4 is 5.32 Å². The summed E-state index contributed by atoms with van der Waals surface area (Å²) in [5, 5.41) is 14.1. The summed E-state index contributed by atoms with van der Waals surface area (Å²) in [6.07, 6.45) is 2.70. The highest BCUT2D eigenvalue weighted by atomic mass is 35.5. The first-order valence-corrected chi connectivity index (χ1v) is 9.89. The Morgan fingerprint density at radius 3 is 2.65 bits per heavy atom. The number of carbonyl (C=O) groups excluding carboxylic acids is 1. The fourth-order valence-electron chi connectivity index (χ4n) is 3.39. The van der Waals surface area contributed by atoms with E-state index in [0.717, 1.165) is 38.9 Å². The number of hydrogen-bond acceptors (Lipinski definition) is 5. The fourth-order valence-corrected chi connectivity index (χ4v) is 4.10. The van der Waals surface area contributed by atoms with E-state index in [1.54, 1.807) is 11.3 Å². The number of nitrogens with one attached hydrogen (secondary N) is 1. The van der Waals surface area contributed by atoms with Crippen molar-refractivity contribution in [2.24, 2.45) is 0 Å². The van der Waals surface area contributed by atoms with Crippen LogP contribution in [0.25, 0.3) is 0 Å². The Labute approximate surface area is 166 Å². The van der Waals surface area contributed by atoms with Gasteiger partial charge in [0.05, 0.1) is 12.6 Å². The second kappa shape index (κ2) is 11.5. The maximum absolute atomic E-state index is 12.4. The highest BCUT2D eigenvalue weighted by Gasteiger charge is 2.29. The summed E-state index contributed by atoms with van der Waals surface area (Å²) in [4.78, 5) is 28.8. The van der Waals surface area contributed by atoms with Crippen molar-refractivity contribution >= 4 is 35.6 Å². The quantitative estimate of drug-likeness (QED) is 0.660. The number of carboxylic acids is 1. The Balaban J connectivity index is 0.00000338. The van der Waals surface area contributed by atoms with E-state index in [-0.39, 0.29) is 30.9 Å². The molecule has 8 heteroatoms. The number of likely N-dealkylation sites (tertiary alicyclic amines) is 1. The number of rotatable bonds is 9. The molecular formula is C18H30ClN3O3S. The van der Waals surface area contributed by atoms with Gasteiger partial charge in [-0.3, -0.25) is 19.4 Å². The van der Waals surface area contributed by atoms with E-state index in [0.29, 0.717) is 12.6 Å². The van der Waals surface area contributed by atoms with E-state index in [2.05, 4.69) is 16.3 Å². The predicted octanol–water partition coefficient (Wildman–Crippen LogP) is 2.09. The van der Waals surface area contributed by atoms with Crippen molar-refractivity contribution in [2.75, 3.05) is 32.7 Å². The smallest absolute Gasteiger partial charge is 0.317 e. The molecule has 0 aliphatic carbocycles. The summed E-state index contributed by atoms with van der Waals surface area (Å²) in [6, 6.07) is 4.27. The summed E-state index contributed by atoms with van der Waals surface area (Å²) in [5.74, 6) is -0.698. The summed E-state index contributed by atoms with van der Waals surface area (Å²) in [5.41, 5.74) is 0. The molecule has 0 spiro atoms. The number of likely N-dealkylation sites (N-methyl/N-ethyl adjacent to an activating group) is 1. The standard InChI is InChI=1S/C18H29N3O3S.ClH/c1-3-20(13-17(22)23)15-7-10-21(11-8-15)14(2)18(24)19-9-6-16-5-4-12-25-16;/h4-5,12,14-15H,3,6-11,13H2,1-2H3,(H,19,24)(H,22,23);1H. The topological polar surface area (TPSA) is 72.9 Å². The van der Waals surface area contributed by atoms with Crippen LogP contribution in [0.4, 0.5) is 0 Å². The zero-order valence-electron chi connectivity index (χ0n) is 15.5. The molecule has 2 rings (SSSR count). The minimum atomic E-state index is -0.775. The lowest BCUT2D eigenvalue weighted by Gasteiger charge is -2.39. The summed E-state index contributed by atoms with van der Waals surface area (Å²) in [6.45, 7) is 7.13. The molecular weight excluding hydrogens is 374 g/mol. The third-order valence-electron chi connectivity index (χ3n) is 4.94. The van der Waals surface area contributed by atoms with Crippen molar-refractivity contribution in [3.05, 3.63) is 22.4 Å². The van der Waals surface area contributed by atoms with Gasteiger partial charge >= 0.3 is 5.97 Å². The van der Waals surface area contributed by atoms with Crippen LogP contribution in [0.3, 0.4) is 0 Å². The molecule has 0 radical (unpaired) electrons. The van der Waals surface area contributed by atoms with Crippen LogP contribution in [-0.4, -0.2) is 71.6 Å². The molecule has 1 fully saturated rings. The van der Waals surface area contributed by atoms with Crippen molar-refractivity contribution < 1.29 is 14.7 Å². The van der Waals surface area contributed by atoms with Crippen LogP contribution in [0.2, 0.25) is 0 Å². The number of carbonyl (C=O) groups is 2. The SMILES string of the molecule is CCN(CC(=O)O)C1CCN(C(C)C(=O)NCCc2cccs2)CC1.Cl. The lowest BCUT2D eigenvalue weighted by molar-refractivity contribution is -0.139. The highest BCUT2D eigenvalue weighted by Crippen LogP contribution is 2.18. The molecule has 1 aromatic heterocycles. The van der Waals surface area contributed by atoms with Crippen LogP contribution in [0.5, 0.6) is 0 Å². The maximum atomic E-state index is 12.4. The molecule has 1 aromatic rings. The Morgan fingerprint density at radius 2 is 2.12 bits per heavy atom. The first-order valence-electron chi connectivity index (χ1n) is 9.01. The second-order valence-corrected chi connectivity index (χ2v) is 7.55. The molecule has 2 heterocycles. The van der Waals surface area contributed by atoms with Crippen LogP contribution in [0.1, 0.15) is 31.6 Å². The molecule has 1 amide bonds. The van der Waals surface area contributed by atoms with E-state index in [4.69, 9.17) is 5.11 Å². The number of piperidine rings is 1. The summed E-state index contributed by atoms with van der Waals surface area (Å²) >= 11 is 1.71. The van der Waals surface area contributed by atoms with E-state index in [9.17, 15) is 9.59 Å². The van der Waals surface area contributed by atoms with Gasteiger partial charge in [0.15, 0.2) is 0 Å². The lowest BCUT2D eigenvalue weighted by Crippen LogP contribution is -2.52. The van der Waals surface area contributed by atoms with Crippen molar-refractivity contribution in [1.82, 2.24) is 15.1 Å². The molecule has 1 saturated heterocycles. The molecule has 0 bridgehead atoms. The van der Waals surface area contributed by atoms with Crippen molar-refractivity contribution in [3.63, 3.8) is 0 Å². The molecule has 1 aliphatic heterocycles. The van der Waals surface area contributed by atoms with Crippen molar-refractivity contribution in [3.8, 4) is 0 Å². The largest absolute Gasteiger partial charge is 0.480 e. The molecule has 2 N–H and O–H groups in total. The predicted molar refractivity (Wildman–Crippen MR) is 107 cm³/mol. The first-order chi connectivity index (χ1) is 12.0. The van der Waals surface area contributed by atoms with Crippen LogP contribution >= 0.6 is 23.7 Å². The van der Waals surface area contributed by atoms with Crippen LogP contribution in [0, 0.1) is 0 Å². The van der Waals surface area contributed by atoms with E-state index in [1.165, 1.54) is 4.88 Å². The first kappa shape index (κ1) is 22.9. The number of thiophene rings is 1. The molecule has 1 unspecified atom stereocenters. The van der Waals surface area contributed by atoms with E-state index < -0.39 is 5.97 Å². The van der Waals surface area contributed by atoms with E-state index >= 15 is 0 Å². The number of carboxylic acid groups (broad SMARTS) is 1. The fraction of sp³-hybridized carbons (Fsp3) is 0.667. The summed E-state index contributed by atoms with van der Waals surface area (Å²) < 4.78 is 0. The average Bonchev–Trinajstić information content (AvgIpc) is 3.12. The van der Waals surface area contributed by atoms with Crippen LogP contribution in [0.15, 0.2) is 17.5 Å². The minimum Gasteiger partial charge on any atom is -0.480 e. The average molecular weight is 404 g/mol. The zero-order valence-corrected chi connectivity index (χ0v) is 17.2. The van der Waals surface area contributed by atoms with Gasteiger partial charge in [-0.1, -0.05) is 13.0 Å². The highest BCUT2D eigenvalue weighted by molar-refractivity contribution is 7.09. The zero-order chi connectivity index (χ0) is 18.2. The monoisotopic (exact) mass is 403 g/mol. The minimum absolute atomic E-state index is 0. The number of halogens is 1. The molecule has 26 heavy (non-hydrogen) atoms. The summed E-state index contributed by atoms with van der Waals surface area (Å²) in [7, 11) is 0. The number of aliphatic carboxylic acids is 1. The van der Waals surface area contributed by atoms with E-state index in [1.807, 2.05) is 30.2 Å². The number of amides is 1. The lowest BCUT2D eigenvalue weighted by atomic mass is 10.0. The normalized spacial score (nSPS) is 16.9. The van der Waals surface area contributed by atoms with Crippen molar-refractivity contribution in [2.45, 2.75) is 45.2 Å². The Hall–Kier alpha value is -1.15. The maximum Gasteiger partial charge on any atom is 0.317 e. The molecule has 1 aliphatic rings. The number of hydrogen-bond donors (Lipinski definition) is 2. The van der Waals surface area contributed by atoms with Gasteiger partial charge in [-0.15, -0.1) is 23.7 Å². The van der Waals surface area contributed by atoms with Gasteiger partial charge < -0.3 is 10.4 Å². The van der Waals surface area contributed by atoms with Gasteiger partial charge in [0.2, 0.25) is 5.91 Å². The Kier molecular flexibility index (Phi) is 10.2. The number of nitrogens with zero attached hydrogens (tertiary/aromatic N) is 2. The molecule has 1 atom stereocenters. The third kappa shape index (κ3) is 6.87. The van der Waals surface area contributed by atoms with Gasteiger partial charge in [-0.2, -0.15) is 0 Å². The molecule has 148 valence electrons. The second-order valence-electron chi connectivity index (χ2n) is 6.52. The van der Waals surface area contributed by atoms with Crippen LogP contribution in [-0.2, 0) is 16.0 Å². The van der Waals surface area contributed by atoms with Gasteiger partial charge in [-0.05, 0) is 44.2 Å². The third-order valence-corrected chi connectivity index (χ3v) is 5.87. The Bertz CT molecular complexity index is 548. The molecule has 0 aromatic carbocycles. The van der Waals surface area contributed by atoms with Crippen molar-refractivity contribution in [1.29, 1.82) is 0 Å². The molecule has 0 saturated carbocycles. The van der Waals surface area contributed by atoms with Gasteiger partial charge in [0.1, 0.15) is 0 Å². The van der Waals surface area contributed by atoms with Gasteiger partial charge in [0.25, 0.3) is 0 Å².